The summed E-state index contributed by atoms with van der Waals surface area (Å²) in [5, 5.41) is 0. The molecule has 1 fully saturated rings. The minimum Gasteiger partial charge on any atom is -0.444 e. The van der Waals surface area contributed by atoms with Crippen LogP contribution in [-0.2, 0) is 4.74 Å². The van der Waals surface area contributed by atoms with E-state index in [0.29, 0.717) is 5.92 Å². The van der Waals surface area contributed by atoms with Gasteiger partial charge in [-0.1, -0.05) is 42.0 Å². The van der Waals surface area contributed by atoms with Crippen molar-refractivity contribution in [2.45, 2.75) is 46.1 Å². The molecule has 0 spiro atoms. The Balaban J connectivity index is 1.83. The lowest BCUT2D eigenvalue weighted by molar-refractivity contribution is 0.0197. The van der Waals surface area contributed by atoms with Crippen LogP contribution in [0.5, 0.6) is 0 Å². The monoisotopic (exact) mass is 301 g/mol. The molecule has 3 heteroatoms. The van der Waals surface area contributed by atoms with Gasteiger partial charge < -0.3 is 9.64 Å². The Bertz CT molecular complexity index is 535. The summed E-state index contributed by atoms with van der Waals surface area (Å²) in [6.45, 7) is 9.37. The quantitative estimate of drug-likeness (QED) is 0.795. The van der Waals surface area contributed by atoms with Gasteiger partial charge in [0.25, 0.3) is 0 Å². The number of likely N-dealkylation sites (tertiary alicyclic amines) is 1. The third kappa shape index (κ3) is 5.21. The Morgan fingerprint density at radius 2 is 1.95 bits per heavy atom. The van der Waals surface area contributed by atoms with Crippen molar-refractivity contribution < 1.29 is 9.53 Å². The number of carbonyl (C=O) groups is 1. The largest absolute Gasteiger partial charge is 0.444 e. The Kier molecular flexibility index (Phi) is 5.28. The summed E-state index contributed by atoms with van der Waals surface area (Å²) < 4.78 is 5.42. The summed E-state index contributed by atoms with van der Waals surface area (Å²) in [5.41, 5.74) is 2.11. The van der Waals surface area contributed by atoms with E-state index in [1.807, 2.05) is 25.7 Å². The summed E-state index contributed by atoms with van der Waals surface area (Å²) in [6.07, 6.45) is 6.29. The highest BCUT2D eigenvalue weighted by atomic mass is 16.6. The van der Waals surface area contributed by atoms with E-state index in [0.717, 1.165) is 25.9 Å². The van der Waals surface area contributed by atoms with Crippen LogP contribution in [0.15, 0.2) is 30.3 Å². The number of ether oxygens (including phenoxy) is 1. The predicted molar refractivity (Wildman–Crippen MR) is 90.7 cm³/mol. The molecule has 0 bridgehead atoms. The summed E-state index contributed by atoms with van der Waals surface area (Å²) in [7, 11) is 0. The zero-order chi connectivity index (χ0) is 16.2. The number of hydrogen-bond acceptors (Lipinski definition) is 2. The van der Waals surface area contributed by atoms with E-state index >= 15 is 0 Å². The molecule has 1 saturated heterocycles. The molecule has 1 heterocycles. The van der Waals surface area contributed by atoms with Crippen molar-refractivity contribution in [2.24, 2.45) is 5.92 Å². The van der Waals surface area contributed by atoms with Gasteiger partial charge in [-0.3, -0.25) is 0 Å². The molecular weight excluding hydrogens is 274 g/mol. The minimum absolute atomic E-state index is 0.186. The van der Waals surface area contributed by atoms with Crippen molar-refractivity contribution >= 4 is 12.2 Å². The average Bonchev–Trinajstić information content (AvgIpc) is 2.44. The fourth-order valence-electron chi connectivity index (χ4n) is 2.62. The molecule has 1 aromatic rings. The first-order valence-electron chi connectivity index (χ1n) is 8.06. The van der Waals surface area contributed by atoms with Crippen molar-refractivity contribution in [1.82, 2.24) is 4.90 Å². The Morgan fingerprint density at radius 1 is 1.27 bits per heavy atom. The van der Waals surface area contributed by atoms with Gasteiger partial charge in [-0.05, 0) is 52.0 Å². The highest BCUT2D eigenvalue weighted by Crippen LogP contribution is 2.21. The van der Waals surface area contributed by atoms with E-state index in [2.05, 4.69) is 43.3 Å². The van der Waals surface area contributed by atoms with Crippen LogP contribution in [0.4, 0.5) is 4.79 Å². The third-order valence-electron chi connectivity index (χ3n) is 3.79. The van der Waals surface area contributed by atoms with E-state index in [-0.39, 0.29) is 6.09 Å². The summed E-state index contributed by atoms with van der Waals surface area (Å²) in [5.74, 6) is 0.541. The van der Waals surface area contributed by atoms with Crippen molar-refractivity contribution in [3.63, 3.8) is 0 Å². The van der Waals surface area contributed by atoms with Gasteiger partial charge in [-0.25, -0.2) is 4.79 Å². The first-order chi connectivity index (χ1) is 10.3. The molecule has 1 aliphatic rings. The van der Waals surface area contributed by atoms with Gasteiger partial charge in [-0.15, -0.1) is 0 Å². The van der Waals surface area contributed by atoms with Crippen molar-refractivity contribution in [1.29, 1.82) is 0 Å². The molecule has 0 aliphatic carbocycles. The Labute approximate surface area is 134 Å². The molecule has 0 radical (unpaired) electrons. The predicted octanol–water partition coefficient (Wildman–Crippen LogP) is 4.66. The fraction of sp³-hybridized carbons (Fsp3) is 0.526. The van der Waals surface area contributed by atoms with Gasteiger partial charge in [-0.2, -0.15) is 0 Å². The van der Waals surface area contributed by atoms with Gasteiger partial charge >= 0.3 is 6.09 Å². The van der Waals surface area contributed by atoms with E-state index in [1.54, 1.807) is 0 Å². The third-order valence-corrected chi connectivity index (χ3v) is 3.79. The molecular formula is C19H27NO2. The highest BCUT2D eigenvalue weighted by molar-refractivity contribution is 5.68. The topological polar surface area (TPSA) is 29.5 Å². The first kappa shape index (κ1) is 16.6. The molecule has 0 aromatic heterocycles. The van der Waals surface area contributed by atoms with E-state index < -0.39 is 5.60 Å². The second-order valence-electron chi connectivity index (χ2n) is 7.08. The van der Waals surface area contributed by atoms with Crippen LogP contribution >= 0.6 is 0 Å². The van der Waals surface area contributed by atoms with Crippen molar-refractivity contribution in [3.05, 3.63) is 41.5 Å². The molecule has 0 unspecified atom stereocenters. The van der Waals surface area contributed by atoms with E-state index in [1.165, 1.54) is 11.1 Å². The maximum Gasteiger partial charge on any atom is 0.410 e. The SMILES string of the molecule is Cc1cccc(/C=C/C2CCN(C(=O)OC(C)(C)C)CC2)c1. The minimum atomic E-state index is -0.418. The van der Waals surface area contributed by atoms with Crippen LogP contribution in [-0.4, -0.2) is 29.7 Å². The summed E-state index contributed by atoms with van der Waals surface area (Å²) in [4.78, 5) is 13.8. The maximum atomic E-state index is 12.0. The van der Waals surface area contributed by atoms with Crippen LogP contribution in [0.1, 0.15) is 44.7 Å². The smallest absolute Gasteiger partial charge is 0.410 e. The Hall–Kier alpha value is -1.77. The van der Waals surface area contributed by atoms with Crippen LogP contribution in [0, 0.1) is 12.8 Å². The molecule has 1 amide bonds. The van der Waals surface area contributed by atoms with Crippen molar-refractivity contribution in [2.75, 3.05) is 13.1 Å². The van der Waals surface area contributed by atoms with Crippen LogP contribution < -0.4 is 0 Å². The zero-order valence-corrected chi connectivity index (χ0v) is 14.1. The molecule has 120 valence electrons. The lowest BCUT2D eigenvalue weighted by atomic mass is 9.95. The molecule has 0 N–H and O–H groups in total. The number of allylic oxidation sites excluding steroid dienone is 1. The molecule has 0 atom stereocenters. The number of aryl methyl sites for hydroxylation is 1. The molecule has 0 saturated carbocycles. The number of carbonyl (C=O) groups excluding carboxylic acids is 1. The van der Waals surface area contributed by atoms with Crippen LogP contribution in [0.2, 0.25) is 0 Å². The number of piperidine rings is 1. The normalized spacial score (nSPS) is 17.0. The van der Waals surface area contributed by atoms with Crippen LogP contribution in [0.3, 0.4) is 0 Å². The number of nitrogens with zero attached hydrogens (tertiary/aromatic N) is 1. The van der Waals surface area contributed by atoms with Crippen LogP contribution in [0.25, 0.3) is 6.08 Å². The number of hydrogen-bond donors (Lipinski definition) is 0. The highest BCUT2D eigenvalue weighted by Gasteiger charge is 2.25. The lowest BCUT2D eigenvalue weighted by Crippen LogP contribution is -2.41. The van der Waals surface area contributed by atoms with Gasteiger partial charge in [0.15, 0.2) is 0 Å². The fourth-order valence-corrected chi connectivity index (χ4v) is 2.62. The maximum absolute atomic E-state index is 12.0. The standard InChI is InChI=1S/C19H27NO2/c1-15-6-5-7-17(14-15)9-8-16-10-12-20(13-11-16)18(21)22-19(2,3)4/h5-9,14,16H,10-13H2,1-4H3/b9-8+. The molecule has 22 heavy (non-hydrogen) atoms. The molecule has 2 rings (SSSR count). The van der Waals surface area contributed by atoms with E-state index in [4.69, 9.17) is 4.74 Å². The Morgan fingerprint density at radius 3 is 2.55 bits per heavy atom. The first-order valence-corrected chi connectivity index (χ1v) is 8.06. The number of benzene rings is 1. The molecule has 1 aromatic carbocycles. The summed E-state index contributed by atoms with van der Waals surface area (Å²) in [6, 6.07) is 8.50. The molecule has 3 nitrogen and oxygen atoms in total. The number of amides is 1. The lowest BCUT2D eigenvalue weighted by Gasteiger charge is -2.32. The van der Waals surface area contributed by atoms with E-state index in [9.17, 15) is 4.79 Å². The second kappa shape index (κ2) is 6.99. The second-order valence-corrected chi connectivity index (χ2v) is 7.08. The zero-order valence-electron chi connectivity index (χ0n) is 14.1. The van der Waals surface area contributed by atoms with Gasteiger partial charge in [0, 0.05) is 13.1 Å². The number of rotatable bonds is 2. The van der Waals surface area contributed by atoms with Gasteiger partial charge in [0.1, 0.15) is 5.60 Å². The van der Waals surface area contributed by atoms with Crippen molar-refractivity contribution in [3.8, 4) is 0 Å². The summed E-state index contributed by atoms with van der Waals surface area (Å²) >= 11 is 0. The average molecular weight is 301 g/mol. The van der Waals surface area contributed by atoms with Gasteiger partial charge in [0.2, 0.25) is 0 Å². The molecule has 1 aliphatic heterocycles. The van der Waals surface area contributed by atoms with Gasteiger partial charge in [0.05, 0.1) is 0 Å².